The monoisotopic (exact) mass is 243 g/mol. The van der Waals surface area contributed by atoms with Crippen molar-refractivity contribution >= 4 is 23.4 Å². The first-order chi connectivity index (χ1) is 7.24. The minimum Gasteiger partial charge on any atom is -0.313 e. The Morgan fingerprint density at radius 1 is 1.40 bits per heavy atom. The summed E-state index contributed by atoms with van der Waals surface area (Å²) in [6.45, 7) is 5.48. The lowest BCUT2D eigenvalue weighted by atomic mass is 10.3. The first-order valence-electron chi connectivity index (χ1n) is 5.34. The van der Waals surface area contributed by atoms with Crippen LogP contribution in [0.4, 0.5) is 0 Å². The summed E-state index contributed by atoms with van der Waals surface area (Å²) in [7, 11) is 0. The van der Waals surface area contributed by atoms with Gasteiger partial charge in [-0.25, -0.2) is 0 Å². The zero-order chi connectivity index (χ0) is 11.1. The minimum absolute atomic E-state index is 0.534. The predicted octanol–water partition coefficient (Wildman–Crippen LogP) is 3.82. The second-order valence-electron chi connectivity index (χ2n) is 3.60. The lowest BCUT2D eigenvalue weighted by Gasteiger charge is -2.12. The minimum atomic E-state index is 0.534. The highest BCUT2D eigenvalue weighted by molar-refractivity contribution is 7.99. The van der Waals surface area contributed by atoms with Gasteiger partial charge >= 0.3 is 0 Å². The summed E-state index contributed by atoms with van der Waals surface area (Å²) in [6.07, 6.45) is 1.18. The molecule has 1 aromatic rings. The molecule has 0 aliphatic heterocycles. The van der Waals surface area contributed by atoms with E-state index in [0.29, 0.717) is 6.04 Å². The SMILES string of the molecule is CCCNC(C)CSc1ccccc1Cl. The van der Waals surface area contributed by atoms with Gasteiger partial charge in [0.2, 0.25) is 0 Å². The smallest absolute Gasteiger partial charge is 0.0541 e. The Kier molecular flexibility index (Phi) is 6.15. The van der Waals surface area contributed by atoms with Gasteiger partial charge in [-0.05, 0) is 32.0 Å². The second-order valence-corrected chi connectivity index (χ2v) is 5.07. The fourth-order valence-electron chi connectivity index (χ4n) is 1.23. The number of hydrogen-bond acceptors (Lipinski definition) is 2. The highest BCUT2D eigenvalue weighted by Crippen LogP contribution is 2.26. The highest BCUT2D eigenvalue weighted by Gasteiger charge is 2.03. The number of halogens is 1. The third-order valence-corrected chi connectivity index (χ3v) is 3.84. The van der Waals surface area contributed by atoms with Crippen LogP contribution in [0.2, 0.25) is 5.02 Å². The third kappa shape index (κ3) is 4.92. The van der Waals surface area contributed by atoms with Gasteiger partial charge in [-0.15, -0.1) is 11.8 Å². The van der Waals surface area contributed by atoms with E-state index in [0.717, 1.165) is 17.3 Å². The van der Waals surface area contributed by atoms with Crippen LogP contribution in [-0.4, -0.2) is 18.3 Å². The molecule has 15 heavy (non-hydrogen) atoms. The van der Waals surface area contributed by atoms with Crippen molar-refractivity contribution in [3.05, 3.63) is 29.3 Å². The lowest BCUT2D eigenvalue weighted by Crippen LogP contribution is -2.28. The summed E-state index contributed by atoms with van der Waals surface area (Å²) in [6, 6.07) is 8.53. The normalized spacial score (nSPS) is 12.7. The quantitative estimate of drug-likeness (QED) is 0.763. The molecule has 3 heteroatoms. The number of rotatable bonds is 6. The summed E-state index contributed by atoms with van der Waals surface area (Å²) in [5.74, 6) is 1.06. The van der Waals surface area contributed by atoms with Crippen molar-refractivity contribution in [3.63, 3.8) is 0 Å². The standard InChI is InChI=1S/C12H18ClNS/c1-3-8-14-10(2)9-15-12-7-5-4-6-11(12)13/h4-7,10,14H,3,8-9H2,1-2H3. The van der Waals surface area contributed by atoms with E-state index in [9.17, 15) is 0 Å². The van der Waals surface area contributed by atoms with Crippen LogP contribution in [0.3, 0.4) is 0 Å². The van der Waals surface area contributed by atoms with Crippen LogP contribution in [-0.2, 0) is 0 Å². The fraction of sp³-hybridized carbons (Fsp3) is 0.500. The number of nitrogens with one attached hydrogen (secondary N) is 1. The molecule has 0 amide bonds. The van der Waals surface area contributed by atoms with Crippen molar-refractivity contribution < 1.29 is 0 Å². The van der Waals surface area contributed by atoms with Gasteiger partial charge in [0.15, 0.2) is 0 Å². The maximum atomic E-state index is 6.07. The van der Waals surface area contributed by atoms with E-state index in [4.69, 9.17) is 11.6 Å². The summed E-state index contributed by atoms with van der Waals surface area (Å²) in [4.78, 5) is 1.17. The molecule has 0 saturated heterocycles. The largest absolute Gasteiger partial charge is 0.313 e. The summed E-state index contributed by atoms with van der Waals surface area (Å²) >= 11 is 7.88. The Labute approximate surface area is 102 Å². The Hall–Kier alpha value is -0.180. The molecule has 1 atom stereocenters. The van der Waals surface area contributed by atoms with Crippen LogP contribution in [0.5, 0.6) is 0 Å². The maximum Gasteiger partial charge on any atom is 0.0541 e. The van der Waals surface area contributed by atoms with Crippen LogP contribution in [0.15, 0.2) is 29.2 Å². The van der Waals surface area contributed by atoms with E-state index >= 15 is 0 Å². The molecule has 0 bridgehead atoms. The first kappa shape index (κ1) is 12.9. The fourth-order valence-corrected chi connectivity index (χ4v) is 2.45. The van der Waals surface area contributed by atoms with Crippen LogP contribution < -0.4 is 5.32 Å². The molecule has 0 heterocycles. The molecule has 0 aliphatic rings. The molecule has 0 spiro atoms. The van der Waals surface area contributed by atoms with Gasteiger partial charge in [-0.1, -0.05) is 30.7 Å². The predicted molar refractivity (Wildman–Crippen MR) is 69.9 cm³/mol. The van der Waals surface area contributed by atoms with Crippen molar-refractivity contribution in [2.24, 2.45) is 0 Å². The van der Waals surface area contributed by atoms with E-state index in [1.807, 2.05) is 30.0 Å². The molecule has 1 unspecified atom stereocenters. The molecule has 0 aliphatic carbocycles. The Morgan fingerprint density at radius 2 is 2.13 bits per heavy atom. The van der Waals surface area contributed by atoms with Crippen molar-refractivity contribution in [2.45, 2.75) is 31.2 Å². The van der Waals surface area contributed by atoms with Crippen LogP contribution in [0.25, 0.3) is 0 Å². The van der Waals surface area contributed by atoms with Crippen molar-refractivity contribution in [3.8, 4) is 0 Å². The Bertz CT molecular complexity index is 291. The second kappa shape index (κ2) is 7.15. The van der Waals surface area contributed by atoms with Gasteiger partial charge in [0.1, 0.15) is 0 Å². The molecule has 1 rings (SSSR count). The van der Waals surface area contributed by atoms with Gasteiger partial charge < -0.3 is 5.32 Å². The van der Waals surface area contributed by atoms with Gasteiger partial charge in [0.05, 0.1) is 5.02 Å². The van der Waals surface area contributed by atoms with Gasteiger partial charge in [0, 0.05) is 16.7 Å². The van der Waals surface area contributed by atoms with Crippen LogP contribution in [0, 0.1) is 0 Å². The van der Waals surface area contributed by atoms with E-state index < -0.39 is 0 Å². The van der Waals surface area contributed by atoms with E-state index in [2.05, 4.69) is 25.2 Å². The van der Waals surface area contributed by atoms with Gasteiger partial charge in [-0.2, -0.15) is 0 Å². The van der Waals surface area contributed by atoms with Gasteiger partial charge in [0.25, 0.3) is 0 Å². The van der Waals surface area contributed by atoms with Crippen LogP contribution >= 0.6 is 23.4 Å². The molecular formula is C12H18ClNS. The van der Waals surface area contributed by atoms with E-state index in [-0.39, 0.29) is 0 Å². The number of benzene rings is 1. The van der Waals surface area contributed by atoms with E-state index in [1.165, 1.54) is 11.3 Å². The summed E-state index contributed by atoms with van der Waals surface area (Å²) in [5, 5.41) is 4.31. The average molecular weight is 244 g/mol. The zero-order valence-corrected chi connectivity index (χ0v) is 10.9. The van der Waals surface area contributed by atoms with Crippen molar-refractivity contribution in [1.29, 1.82) is 0 Å². The number of thioether (sulfide) groups is 1. The maximum absolute atomic E-state index is 6.07. The third-order valence-electron chi connectivity index (χ3n) is 2.07. The molecule has 1 nitrogen and oxygen atoms in total. The van der Waals surface area contributed by atoms with Crippen LogP contribution in [0.1, 0.15) is 20.3 Å². The zero-order valence-electron chi connectivity index (χ0n) is 9.29. The molecule has 84 valence electrons. The highest BCUT2D eigenvalue weighted by atomic mass is 35.5. The molecule has 1 aromatic carbocycles. The molecular weight excluding hydrogens is 226 g/mol. The topological polar surface area (TPSA) is 12.0 Å². The van der Waals surface area contributed by atoms with Crippen molar-refractivity contribution in [2.75, 3.05) is 12.3 Å². The van der Waals surface area contributed by atoms with Gasteiger partial charge in [-0.3, -0.25) is 0 Å². The van der Waals surface area contributed by atoms with E-state index in [1.54, 1.807) is 0 Å². The molecule has 0 fully saturated rings. The Morgan fingerprint density at radius 3 is 2.80 bits per heavy atom. The Balaban J connectivity index is 2.33. The van der Waals surface area contributed by atoms with Crippen molar-refractivity contribution in [1.82, 2.24) is 5.32 Å². The first-order valence-corrected chi connectivity index (χ1v) is 6.71. The molecule has 0 aromatic heterocycles. The summed E-state index contributed by atoms with van der Waals surface area (Å²) < 4.78 is 0. The summed E-state index contributed by atoms with van der Waals surface area (Å²) in [5.41, 5.74) is 0. The average Bonchev–Trinajstić information content (AvgIpc) is 2.25. The molecule has 0 radical (unpaired) electrons. The molecule has 0 saturated carbocycles. The lowest BCUT2D eigenvalue weighted by molar-refractivity contribution is 0.590. The number of hydrogen-bond donors (Lipinski definition) is 1. The molecule has 1 N–H and O–H groups in total.